The van der Waals surface area contributed by atoms with Gasteiger partial charge in [-0.2, -0.15) is 0 Å². The van der Waals surface area contributed by atoms with Gasteiger partial charge in [0.2, 0.25) is 0 Å². The minimum absolute atomic E-state index is 0.0542. The van der Waals surface area contributed by atoms with Crippen molar-refractivity contribution in [1.82, 2.24) is 4.57 Å². The molecule has 0 saturated carbocycles. The molecule has 0 bridgehead atoms. The van der Waals surface area contributed by atoms with E-state index >= 15 is 0 Å². The summed E-state index contributed by atoms with van der Waals surface area (Å²) < 4.78 is 8.11. The molecule has 1 heterocycles. The van der Waals surface area contributed by atoms with E-state index in [9.17, 15) is 4.79 Å². The fraction of sp³-hybridized carbons (Fsp3) is 0.278. The maximum Gasteiger partial charge on any atom is 0.264 e. The Kier molecular flexibility index (Phi) is 5.67. The second-order valence-electron chi connectivity index (χ2n) is 4.81. The van der Waals surface area contributed by atoms with Crippen molar-refractivity contribution in [3.05, 3.63) is 49.8 Å². The molecule has 1 aromatic heterocycles. The van der Waals surface area contributed by atoms with Gasteiger partial charge in [-0.25, -0.2) is 0 Å². The number of nitrogens with zero attached hydrogens (tertiary/aromatic N) is 1. The van der Waals surface area contributed by atoms with E-state index in [1.54, 1.807) is 11.5 Å². The lowest BCUT2D eigenvalue weighted by Crippen LogP contribution is -2.23. The number of benzene rings is 1. The van der Waals surface area contributed by atoms with Crippen LogP contribution in [0.4, 0.5) is 0 Å². The highest BCUT2D eigenvalue weighted by atomic mass is 127. The largest absolute Gasteiger partial charge is 0.481 e. The molecule has 3 nitrogen and oxygen atoms in total. The maximum absolute atomic E-state index is 12.3. The number of pyridine rings is 1. The van der Waals surface area contributed by atoms with Gasteiger partial charge in [-0.15, -0.1) is 5.92 Å². The number of aryl methyl sites for hydroxylation is 1. The van der Waals surface area contributed by atoms with Crippen LogP contribution < -0.4 is 10.3 Å². The SMILES string of the molecule is CC#CCOc1ccc(-c2ccc(I)c(=O)n2CC)c(C)c1. The minimum Gasteiger partial charge on any atom is -0.481 e. The summed E-state index contributed by atoms with van der Waals surface area (Å²) in [7, 11) is 0. The fourth-order valence-corrected chi connectivity index (χ4v) is 2.78. The van der Waals surface area contributed by atoms with E-state index in [-0.39, 0.29) is 5.56 Å². The third-order valence-electron chi connectivity index (χ3n) is 3.41. The van der Waals surface area contributed by atoms with Crippen molar-refractivity contribution < 1.29 is 4.74 Å². The van der Waals surface area contributed by atoms with Crippen LogP contribution in [0.25, 0.3) is 11.3 Å². The van der Waals surface area contributed by atoms with Crippen molar-refractivity contribution in [2.24, 2.45) is 0 Å². The molecule has 0 unspecified atom stereocenters. The molecule has 22 heavy (non-hydrogen) atoms. The first-order valence-electron chi connectivity index (χ1n) is 7.11. The van der Waals surface area contributed by atoms with Crippen molar-refractivity contribution >= 4 is 22.6 Å². The van der Waals surface area contributed by atoms with Gasteiger partial charge in [0.25, 0.3) is 5.56 Å². The topological polar surface area (TPSA) is 31.2 Å². The normalized spacial score (nSPS) is 10.0. The molecular weight excluding hydrogens is 389 g/mol. The van der Waals surface area contributed by atoms with Crippen molar-refractivity contribution in [3.63, 3.8) is 0 Å². The molecule has 0 aliphatic rings. The average Bonchev–Trinajstić information content (AvgIpc) is 2.51. The number of ether oxygens (including phenoxy) is 1. The Morgan fingerprint density at radius 2 is 2.05 bits per heavy atom. The van der Waals surface area contributed by atoms with Crippen LogP contribution in [0.1, 0.15) is 19.4 Å². The quantitative estimate of drug-likeness (QED) is 0.570. The summed E-state index contributed by atoms with van der Waals surface area (Å²) in [5, 5.41) is 0. The van der Waals surface area contributed by atoms with Crippen molar-refractivity contribution in [2.45, 2.75) is 27.3 Å². The first-order chi connectivity index (χ1) is 10.6. The van der Waals surface area contributed by atoms with Gasteiger partial charge in [0, 0.05) is 12.1 Å². The lowest BCUT2D eigenvalue weighted by Gasteiger charge is -2.14. The molecule has 0 spiro atoms. The first-order valence-corrected chi connectivity index (χ1v) is 8.19. The summed E-state index contributed by atoms with van der Waals surface area (Å²) in [5.41, 5.74) is 3.11. The van der Waals surface area contributed by atoms with Crippen LogP contribution in [-0.2, 0) is 6.54 Å². The summed E-state index contributed by atoms with van der Waals surface area (Å²) in [4.78, 5) is 12.3. The fourth-order valence-electron chi connectivity index (χ4n) is 2.31. The van der Waals surface area contributed by atoms with E-state index in [0.717, 1.165) is 26.1 Å². The number of rotatable bonds is 4. The van der Waals surface area contributed by atoms with Gasteiger partial charge in [0.05, 0.1) is 9.26 Å². The third-order valence-corrected chi connectivity index (χ3v) is 4.23. The highest BCUT2D eigenvalue weighted by molar-refractivity contribution is 14.1. The van der Waals surface area contributed by atoms with Crippen LogP contribution in [0.5, 0.6) is 5.75 Å². The Bertz CT molecular complexity index is 797. The zero-order valence-electron chi connectivity index (χ0n) is 12.9. The van der Waals surface area contributed by atoms with E-state index < -0.39 is 0 Å². The van der Waals surface area contributed by atoms with Crippen LogP contribution in [0, 0.1) is 22.3 Å². The summed E-state index contributed by atoms with van der Waals surface area (Å²) in [5.74, 6) is 6.47. The van der Waals surface area contributed by atoms with Gasteiger partial charge in [-0.05, 0) is 79.3 Å². The monoisotopic (exact) mass is 407 g/mol. The van der Waals surface area contributed by atoms with Crippen LogP contribution in [0.15, 0.2) is 35.1 Å². The van der Waals surface area contributed by atoms with E-state index in [2.05, 4.69) is 34.4 Å². The summed E-state index contributed by atoms with van der Waals surface area (Å²) in [6.45, 7) is 6.83. The highest BCUT2D eigenvalue weighted by Gasteiger charge is 2.10. The van der Waals surface area contributed by atoms with Crippen LogP contribution in [-0.4, -0.2) is 11.2 Å². The molecule has 0 amide bonds. The number of halogens is 1. The standard InChI is InChI=1S/C18H18INO2/c1-4-6-11-22-14-7-8-15(13(3)12-14)17-10-9-16(19)18(21)20(17)5-2/h7-10,12H,5,11H2,1-3H3. The zero-order chi connectivity index (χ0) is 16.1. The third kappa shape index (κ3) is 3.53. The van der Waals surface area contributed by atoms with E-state index in [4.69, 9.17) is 4.74 Å². The van der Waals surface area contributed by atoms with Gasteiger partial charge >= 0.3 is 0 Å². The van der Waals surface area contributed by atoms with Crippen LogP contribution in [0.3, 0.4) is 0 Å². The molecule has 0 atom stereocenters. The predicted molar refractivity (Wildman–Crippen MR) is 98.2 cm³/mol. The molecule has 0 saturated heterocycles. The molecule has 0 fully saturated rings. The Morgan fingerprint density at radius 3 is 2.68 bits per heavy atom. The average molecular weight is 407 g/mol. The van der Waals surface area contributed by atoms with Crippen molar-refractivity contribution in [2.75, 3.05) is 6.61 Å². The van der Waals surface area contributed by atoms with Gasteiger partial charge in [0.1, 0.15) is 12.4 Å². The lowest BCUT2D eigenvalue weighted by molar-refractivity contribution is 0.370. The predicted octanol–water partition coefficient (Wildman–Crippen LogP) is 3.85. The molecule has 2 aromatic rings. The molecule has 4 heteroatoms. The minimum atomic E-state index is 0.0542. The summed E-state index contributed by atoms with van der Waals surface area (Å²) in [6, 6.07) is 9.76. The van der Waals surface area contributed by atoms with Crippen LogP contribution in [0.2, 0.25) is 0 Å². The summed E-state index contributed by atoms with van der Waals surface area (Å²) in [6.07, 6.45) is 0. The Labute approximate surface area is 144 Å². The van der Waals surface area contributed by atoms with Crippen LogP contribution >= 0.6 is 22.6 Å². The van der Waals surface area contributed by atoms with E-state index in [1.807, 2.05) is 44.2 Å². The Hall–Kier alpha value is -1.74. The highest BCUT2D eigenvalue weighted by Crippen LogP contribution is 2.26. The molecule has 0 radical (unpaired) electrons. The second-order valence-corrected chi connectivity index (χ2v) is 5.97. The molecule has 0 N–H and O–H groups in total. The molecule has 0 aliphatic carbocycles. The smallest absolute Gasteiger partial charge is 0.264 e. The number of aromatic nitrogens is 1. The van der Waals surface area contributed by atoms with Gasteiger partial charge in [-0.1, -0.05) is 5.92 Å². The summed E-state index contributed by atoms with van der Waals surface area (Å²) >= 11 is 2.08. The van der Waals surface area contributed by atoms with E-state index in [0.29, 0.717) is 13.2 Å². The van der Waals surface area contributed by atoms with Crippen molar-refractivity contribution in [1.29, 1.82) is 0 Å². The molecule has 1 aromatic carbocycles. The van der Waals surface area contributed by atoms with Gasteiger partial charge in [-0.3, -0.25) is 4.79 Å². The lowest BCUT2D eigenvalue weighted by atomic mass is 10.0. The Morgan fingerprint density at radius 1 is 1.27 bits per heavy atom. The Balaban J connectivity index is 2.43. The molecule has 0 aliphatic heterocycles. The zero-order valence-corrected chi connectivity index (χ0v) is 15.1. The first kappa shape index (κ1) is 16.6. The molecule has 2 rings (SSSR count). The molecule has 114 valence electrons. The number of hydrogen-bond acceptors (Lipinski definition) is 2. The maximum atomic E-state index is 12.3. The van der Waals surface area contributed by atoms with Gasteiger partial charge in [0.15, 0.2) is 0 Å². The second kappa shape index (κ2) is 7.50. The number of hydrogen-bond donors (Lipinski definition) is 0. The molecular formula is C18H18INO2. The van der Waals surface area contributed by atoms with Gasteiger partial charge < -0.3 is 9.30 Å². The van der Waals surface area contributed by atoms with Crippen molar-refractivity contribution in [3.8, 4) is 28.8 Å². The van der Waals surface area contributed by atoms with E-state index in [1.165, 1.54) is 0 Å².